The third kappa shape index (κ3) is 4.49. The number of aryl methyl sites for hydroxylation is 1. The number of hydrogen-bond donors (Lipinski definition) is 0. The number of carbonyl (C=O) groups is 2. The zero-order valence-corrected chi connectivity index (χ0v) is 18.2. The molecule has 154 valence electrons. The first-order chi connectivity index (χ1) is 14.3. The standard InChI is InChI=1S/C24H24N2O3S/c1-5-6-19-13-18(14-20-22(27)25(3)24(30)26(4)23(20)28)11-12-21(19)29-15-17-9-7-16(2)8-10-17/h5,7-14H,1,6,15H2,2-4H3. The smallest absolute Gasteiger partial charge is 0.265 e. The van der Waals surface area contributed by atoms with Gasteiger partial charge in [0.15, 0.2) is 5.11 Å². The minimum Gasteiger partial charge on any atom is -0.489 e. The first-order valence-corrected chi connectivity index (χ1v) is 9.96. The fourth-order valence-corrected chi connectivity index (χ4v) is 3.30. The van der Waals surface area contributed by atoms with E-state index in [1.807, 2.05) is 37.3 Å². The molecule has 0 aromatic heterocycles. The molecule has 30 heavy (non-hydrogen) atoms. The van der Waals surface area contributed by atoms with Gasteiger partial charge in [0, 0.05) is 14.1 Å². The van der Waals surface area contributed by atoms with Crippen molar-refractivity contribution in [3.63, 3.8) is 0 Å². The lowest BCUT2D eigenvalue weighted by molar-refractivity contribution is -0.132. The second-order valence-corrected chi connectivity index (χ2v) is 7.57. The van der Waals surface area contributed by atoms with Gasteiger partial charge in [-0.05, 0) is 60.5 Å². The van der Waals surface area contributed by atoms with Gasteiger partial charge in [-0.15, -0.1) is 6.58 Å². The van der Waals surface area contributed by atoms with Crippen LogP contribution in [0.5, 0.6) is 5.75 Å². The molecule has 0 saturated carbocycles. The van der Waals surface area contributed by atoms with Crippen molar-refractivity contribution in [1.82, 2.24) is 9.80 Å². The van der Waals surface area contributed by atoms with E-state index in [1.54, 1.807) is 26.2 Å². The summed E-state index contributed by atoms with van der Waals surface area (Å²) in [5, 5.41) is 0.189. The van der Waals surface area contributed by atoms with Crippen LogP contribution in [0.2, 0.25) is 0 Å². The minimum absolute atomic E-state index is 0.0754. The number of thiocarbonyl (C=S) groups is 1. The molecule has 6 heteroatoms. The van der Waals surface area contributed by atoms with Crippen LogP contribution >= 0.6 is 12.2 Å². The quantitative estimate of drug-likeness (QED) is 0.308. The van der Waals surface area contributed by atoms with Crippen molar-refractivity contribution in [3.8, 4) is 5.75 Å². The summed E-state index contributed by atoms with van der Waals surface area (Å²) in [5.74, 6) is -0.0736. The van der Waals surface area contributed by atoms with E-state index >= 15 is 0 Å². The van der Waals surface area contributed by atoms with E-state index in [0.29, 0.717) is 13.0 Å². The summed E-state index contributed by atoms with van der Waals surface area (Å²) < 4.78 is 6.02. The molecular formula is C24H24N2O3S. The number of rotatable bonds is 6. The van der Waals surface area contributed by atoms with Crippen LogP contribution in [0.15, 0.2) is 60.7 Å². The molecule has 0 N–H and O–H groups in total. The highest BCUT2D eigenvalue weighted by Gasteiger charge is 2.35. The molecule has 0 radical (unpaired) electrons. The molecule has 0 spiro atoms. The lowest BCUT2D eigenvalue weighted by Gasteiger charge is -2.31. The predicted octanol–water partition coefficient (Wildman–Crippen LogP) is 3.90. The van der Waals surface area contributed by atoms with Gasteiger partial charge in [-0.2, -0.15) is 0 Å². The van der Waals surface area contributed by atoms with Crippen molar-refractivity contribution in [3.05, 3.63) is 82.9 Å². The molecule has 1 fully saturated rings. The SMILES string of the molecule is C=CCc1cc(C=C2C(=O)N(C)C(=S)N(C)C2=O)ccc1OCc1ccc(C)cc1. The summed E-state index contributed by atoms with van der Waals surface area (Å²) >= 11 is 5.13. The Labute approximate surface area is 182 Å². The van der Waals surface area contributed by atoms with Crippen LogP contribution in [0.3, 0.4) is 0 Å². The van der Waals surface area contributed by atoms with Gasteiger partial charge >= 0.3 is 0 Å². The van der Waals surface area contributed by atoms with Gasteiger partial charge in [0.25, 0.3) is 11.8 Å². The van der Waals surface area contributed by atoms with Crippen molar-refractivity contribution in [1.29, 1.82) is 0 Å². The summed E-state index contributed by atoms with van der Waals surface area (Å²) in [6, 6.07) is 13.8. The van der Waals surface area contributed by atoms with E-state index in [1.165, 1.54) is 15.4 Å². The van der Waals surface area contributed by atoms with Gasteiger partial charge in [0.1, 0.15) is 17.9 Å². The number of benzene rings is 2. The van der Waals surface area contributed by atoms with Crippen molar-refractivity contribution in [2.24, 2.45) is 0 Å². The zero-order valence-electron chi connectivity index (χ0n) is 17.3. The Morgan fingerprint density at radius 1 is 1.03 bits per heavy atom. The van der Waals surface area contributed by atoms with E-state index < -0.39 is 11.8 Å². The second-order valence-electron chi connectivity index (χ2n) is 7.20. The number of likely N-dealkylation sites (N-methyl/N-ethyl adjacent to an activating group) is 2. The van der Waals surface area contributed by atoms with E-state index in [4.69, 9.17) is 17.0 Å². The molecule has 1 aliphatic rings. The van der Waals surface area contributed by atoms with Crippen LogP contribution in [0.4, 0.5) is 0 Å². The van der Waals surface area contributed by atoms with Gasteiger partial charge in [-0.1, -0.05) is 42.0 Å². The number of nitrogens with zero attached hydrogens (tertiary/aromatic N) is 2. The van der Waals surface area contributed by atoms with Gasteiger partial charge in [-0.25, -0.2) is 0 Å². The monoisotopic (exact) mass is 420 g/mol. The molecule has 2 aromatic carbocycles. The number of allylic oxidation sites excluding steroid dienone is 1. The predicted molar refractivity (Wildman–Crippen MR) is 122 cm³/mol. The highest BCUT2D eigenvalue weighted by Crippen LogP contribution is 2.25. The van der Waals surface area contributed by atoms with E-state index in [2.05, 4.69) is 18.7 Å². The first kappa shape index (κ1) is 21.5. The van der Waals surface area contributed by atoms with Gasteiger partial charge < -0.3 is 4.74 Å². The third-order valence-electron chi connectivity index (χ3n) is 4.92. The molecule has 0 bridgehead atoms. The molecule has 1 saturated heterocycles. The second kappa shape index (κ2) is 9.05. The summed E-state index contributed by atoms with van der Waals surface area (Å²) in [6.45, 7) is 6.32. The van der Waals surface area contributed by atoms with E-state index in [9.17, 15) is 9.59 Å². The topological polar surface area (TPSA) is 49.9 Å². The minimum atomic E-state index is -0.409. The largest absolute Gasteiger partial charge is 0.489 e. The Hall–Kier alpha value is -3.25. The van der Waals surface area contributed by atoms with Crippen LogP contribution < -0.4 is 4.74 Å². The molecule has 2 amide bonds. The molecule has 2 aromatic rings. The van der Waals surface area contributed by atoms with Crippen molar-refractivity contribution < 1.29 is 14.3 Å². The Bertz CT molecular complexity index is 1010. The number of ether oxygens (including phenoxy) is 1. The van der Waals surface area contributed by atoms with Gasteiger partial charge in [-0.3, -0.25) is 19.4 Å². The van der Waals surface area contributed by atoms with Crippen LogP contribution in [-0.4, -0.2) is 40.8 Å². The maximum atomic E-state index is 12.5. The molecule has 0 atom stereocenters. The Balaban J connectivity index is 1.87. The van der Waals surface area contributed by atoms with Crippen LogP contribution in [-0.2, 0) is 22.6 Å². The molecule has 1 aliphatic heterocycles. The average molecular weight is 421 g/mol. The molecule has 1 heterocycles. The first-order valence-electron chi connectivity index (χ1n) is 9.55. The van der Waals surface area contributed by atoms with Crippen LogP contribution in [0.25, 0.3) is 6.08 Å². The lowest BCUT2D eigenvalue weighted by Crippen LogP contribution is -2.52. The van der Waals surface area contributed by atoms with Crippen LogP contribution in [0, 0.1) is 6.92 Å². The third-order valence-corrected chi connectivity index (χ3v) is 5.47. The van der Waals surface area contributed by atoms with Gasteiger partial charge in [0.2, 0.25) is 0 Å². The Morgan fingerprint density at radius 3 is 2.27 bits per heavy atom. The molecule has 5 nitrogen and oxygen atoms in total. The summed E-state index contributed by atoms with van der Waals surface area (Å²) in [4.78, 5) is 27.7. The van der Waals surface area contributed by atoms with Crippen molar-refractivity contribution >= 4 is 35.2 Å². The average Bonchev–Trinajstić information content (AvgIpc) is 2.74. The summed E-state index contributed by atoms with van der Waals surface area (Å²) in [5.41, 5.74) is 4.02. The zero-order chi connectivity index (χ0) is 21.8. The molecule has 0 unspecified atom stereocenters. The van der Waals surface area contributed by atoms with Crippen molar-refractivity contribution in [2.75, 3.05) is 14.1 Å². The maximum Gasteiger partial charge on any atom is 0.265 e. The number of hydrogen-bond acceptors (Lipinski definition) is 4. The van der Waals surface area contributed by atoms with Crippen LogP contribution in [0.1, 0.15) is 22.3 Å². The Kier molecular flexibility index (Phi) is 6.47. The summed E-state index contributed by atoms with van der Waals surface area (Å²) in [6.07, 6.45) is 3.99. The number of amides is 2. The normalized spacial score (nSPS) is 14.2. The number of carbonyl (C=O) groups excluding carboxylic acids is 2. The summed E-state index contributed by atoms with van der Waals surface area (Å²) in [7, 11) is 3.12. The van der Waals surface area contributed by atoms with E-state index in [-0.39, 0.29) is 10.7 Å². The highest BCUT2D eigenvalue weighted by molar-refractivity contribution is 7.80. The maximum absolute atomic E-state index is 12.5. The Morgan fingerprint density at radius 2 is 1.67 bits per heavy atom. The highest BCUT2D eigenvalue weighted by atomic mass is 32.1. The molecule has 0 aliphatic carbocycles. The van der Waals surface area contributed by atoms with Crippen molar-refractivity contribution in [2.45, 2.75) is 20.0 Å². The molecule has 3 rings (SSSR count). The van der Waals surface area contributed by atoms with Gasteiger partial charge in [0.05, 0.1) is 0 Å². The fourth-order valence-electron chi connectivity index (χ4n) is 3.13. The molecular weight excluding hydrogens is 396 g/mol. The lowest BCUT2D eigenvalue weighted by atomic mass is 10.0. The fraction of sp³-hybridized carbons (Fsp3) is 0.208. The van der Waals surface area contributed by atoms with E-state index in [0.717, 1.165) is 22.4 Å².